The molecule has 244 valence electrons. The standard InChI is InChI=1S/C34H52N4O6/c1-3-5-6-7-8-9-10-11-12-13-20-25-32(35,29(39)42-4-2)33(36,30(40)44-28-23-18-15-19-24-28)34(37,38)31(41)43-26-27-21-16-14-17-22-27/h14-19,21-24H,3-13,20,25-26,35-38H2,1-2H3. The van der Waals surface area contributed by atoms with Crippen LogP contribution in [0.15, 0.2) is 60.7 Å². The van der Waals surface area contributed by atoms with Crippen LogP contribution in [0.2, 0.25) is 0 Å². The number of unbranched alkanes of at least 4 members (excludes halogenated alkanes) is 10. The van der Waals surface area contributed by atoms with Crippen molar-refractivity contribution in [2.24, 2.45) is 22.9 Å². The van der Waals surface area contributed by atoms with Crippen LogP contribution in [-0.2, 0) is 30.5 Å². The molecule has 0 aliphatic carbocycles. The molecule has 2 aromatic rings. The molecule has 10 nitrogen and oxygen atoms in total. The van der Waals surface area contributed by atoms with Crippen molar-refractivity contribution < 1.29 is 28.6 Å². The lowest BCUT2D eigenvalue weighted by molar-refractivity contribution is -0.172. The number of para-hydroxylation sites is 1. The van der Waals surface area contributed by atoms with E-state index in [4.69, 9.17) is 37.1 Å². The zero-order valence-electron chi connectivity index (χ0n) is 26.4. The third-order valence-corrected chi connectivity index (χ3v) is 8.00. The van der Waals surface area contributed by atoms with Crippen molar-refractivity contribution in [3.05, 3.63) is 66.2 Å². The summed E-state index contributed by atoms with van der Waals surface area (Å²) in [5.41, 5.74) is 19.0. The van der Waals surface area contributed by atoms with Crippen molar-refractivity contribution in [3.63, 3.8) is 0 Å². The second-order valence-corrected chi connectivity index (χ2v) is 11.4. The Morgan fingerprint density at radius 3 is 1.64 bits per heavy atom. The first kappa shape index (κ1) is 36.9. The van der Waals surface area contributed by atoms with Gasteiger partial charge in [-0.25, -0.2) is 14.4 Å². The largest absolute Gasteiger partial charge is 0.465 e. The Bertz CT molecular complexity index is 1150. The van der Waals surface area contributed by atoms with E-state index in [0.717, 1.165) is 19.3 Å². The fourth-order valence-corrected chi connectivity index (χ4v) is 5.19. The molecule has 0 saturated heterocycles. The first-order chi connectivity index (χ1) is 21.0. The predicted octanol–water partition coefficient (Wildman–Crippen LogP) is 4.61. The van der Waals surface area contributed by atoms with Crippen molar-refractivity contribution in [1.29, 1.82) is 0 Å². The molecule has 0 saturated carbocycles. The monoisotopic (exact) mass is 612 g/mol. The second-order valence-electron chi connectivity index (χ2n) is 11.4. The number of hydrogen-bond donors (Lipinski definition) is 4. The van der Waals surface area contributed by atoms with E-state index in [1.165, 1.54) is 50.7 Å². The minimum Gasteiger partial charge on any atom is -0.465 e. The van der Waals surface area contributed by atoms with Crippen molar-refractivity contribution in [2.45, 2.75) is 114 Å². The fraction of sp³-hybridized carbons (Fsp3) is 0.559. The van der Waals surface area contributed by atoms with Gasteiger partial charge >= 0.3 is 17.9 Å². The molecule has 2 atom stereocenters. The van der Waals surface area contributed by atoms with Crippen LogP contribution < -0.4 is 27.7 Å². The first-order valence-corrected chi connectivity index (χ1v) is 15.9. The van der Waals surface area contributed by atoms with Crippen LogP contribution in [0.4, 0.5) is 0 Å². The van der Waals surface area contributed by atoms with Gasteiger partial charge in [-0.05, 0) is 31.0 Å². The highest BCUT2D eigenvalue weighted by atomic mass is 16.6. The number of ether oxygens (including phenoxy) is 3. The van der Waals surface area contributed by atoms with E-state index in [-0.39, 0.29) is 25.4 Å². The first-order valence-electron chi connectivity index (χ1n) is 15.9. The van der Waals surface area contributed by atoms with E-state index < -0.39 is 34.6 Å². The molecule has 44 heavy (non-hydrogen) atoms. The second kappa shape index (κ2) is 18.5. The SMILES string of the molecule is CCCCCCCCCCCCCC(N)(C(=O)OCC)C(N)(C(=O)Oc1ccccc1)C(N)(N)C(=O)OCc1ccccc1. The molecule has 2 aromatic carbocycles. The summed E-state index contributed by atoms with van der Waals surface area (Å²) < 4.78 is 16.2. The number of carbonyl (C=O) groups excluding carboxylic acids is 3. The average molecular weight is 613 g/mol. The minimum atomic E-state index is -2.78. The third kappa shape index (κ3) is 9.85. The summed E-state index contributed by atoms with van der Waals surface area (Å²) in [7, 11) is 0. The van der Waals surface area contributed by atoms with Gasteiger partial charge in [-0.15, -0.1) is 0 Å². The molecule has 0 heterocycles. The summed E-state index contributed by atoms with van der Waals surface area (Å²) in [6.45, 7) is 3.54. The van der Waals surface area contributed by atoms with Gasteiger partial charge in [0.1, 0.15) is 17.9 Å². The summed E-state index contributed by atoms with van der Waals surface area (Å²) in [5, 5.41) is 0. The molecular formula is C34H52N4O6. The molecule has 0 amide bonds. The summed E-state index contributed by atoms with van der Waals surface area (Å²) in [4.78, 5) is 40.9. The summed E-state index contributed by atoms with van der Waals surface area (Å²) in [5.74, 6) is -3.41. The summed E-state index contributed by atoms with van der Waals surface area (Å²) >= 11 is 0. The lowest BCUT2D eigenvalue weighted by Gasteiger charge is -2.48. The van der Waals surface area contributed by atoms with Gasteiger partial charge in [0.25, 0.3) is 0 Å². The Labute approximate surface area is 262 Å². The van der Waals surface area contributed by atoms with Crippen molar-refractivity contribution in [2.75, 3.05) is 6.61 Å². The van der Waals surface area contributed by atoms with Gasteiger partial charge in [-0.2, -0.15) is 0 Å². The van der Waals surface area contributed by atoms with Gasteiger partial charge in [-0.1, -0.05) is 126 Å². The molecule has 0 bridgehead atoms. The van der Waals surface area contributed by atoms with E-state index in [1.54, 1.807) is 49.4 Å². The van der Waals surface area contributed by atoms with E-state index >= 15 is 0 Å². The predicted molar refractivity (Wildman–Crippen MR) is 171 cm³/mol. The van der Waals surface area contributed by atoms with Crippen molar-refractivity contribution >= 4 is 17.9 Å². The molecule has 2 rings (SSSR count). The number of esters is 3. The highest BCUT2D eigenvalue weighted by Gasteiger charge is 2.70. The Morgan fingerprint density at radius 1 is 0.614 bits per heavy atom. The maximum Gasteiger partial charge on any atom is 0.343 e. The van der Waals surface area contributed by atoms with Crippen molar-refractivity contribution in [1.82, 2.24) is 0 Å². The summed E-state index contributed by atoms with van der Waals surface area (Å²) in [6, 6.07) is 16.8. The van der Waals surface area contributed by atoms with Gasteiger partial charge in [0.05, 0.1) is 6.61 Å². The lowest BCUT2D eigenvalue weighted by atomic mass is 9.67. The number of carbonyl (C=O) groups is 3. The third-order valence-electron chi connectivity index (χ3n) is 8.00. The molecule has 8 N–H and O–H groups in total. The highest BCUT2D eigenvalue weighted by Crippen LogP contribution is 2.34. The molecular weight excluding hydrogens is 560 g/mol. The molecule has 0 aliphatic heterocycles. The molecule has 0 fully saturated rings. The van der Waals surface area contributed by atoms with Gasteiger partial charge < -0.3 is 37.1 Å². The Balaban J connectivity index is 2.28. The van der Waals surface area contributed by atoms with Crippen LogP contribution in [0.25, 0.3) is 0 Å². The Kier molecular flexibility index (Phi) is 15.5. The maximum atomic E-state index is 13.9. The van der Waals surface area contributed by atoms with Crippen LogP contribution in [0.3, 0.4) is 0 Å². The number of nitrogens with two attached hydrogens (primary N) is 4. The molecule has 0 radical (unpaired) electrons. The number of benzene rings is 2. The topological polar surface area (TPSA) is 183 Å². The Morgan fingerprint density at radius 2 is 1.11 bits per heavy atom. The van der Waals surface area contributed by atoms with E-state index in [2.05, 4.69) is 6.92 Å². The molecule has 0 aromatic heterocycles. The smallest absolute Gasteiger partial charge is 0.343 e. The molecule has 0 spiro atoms. The zero-order valence-corrected chi connectivity index (χ0v) is 26.4. The average Bonchev–Trinajstić information content (AvgIpc) is 3.02. The van der Waals surface area contributed by atoms with Gasteiger partial charge in [0.15, 0.2) is 11.2 Å². The van der Waals surface area contributed by atoms with Gasteiger partial charge in [-0.3, -0.25) is 0 Å². The van der Waals surface area contributed by atoms with Crippen LogP contribution >= 0.6 is 0 Å². The minimum absolute atomic E-state index is 0.0551. The van der Waals surface area contributed by atoms with Crippen LogP contribution in [0, 0.1) is 0 Å². The van der Waals surface area contributed by atoms with E-state index in [1.807, 2.05) is 6.07 Å². The normalized spacial score (nSPS) is 14.2. The van der Waals surface area contributed by atoms with E-state index in [9.17, 15) is 14.4 Å². The molecule has 0 aliphatic rings. The Hall–Kier alpha value is -3.31. The fourth-order valence-electron chi connectivity index (χ4n) is 5.19. The van der Waals surface area contributed by atoms with Gasteiger partial charge in [0.2, 0.25) is 0 Å². The number of rotatable bonds is 21. The maximum absolute atomic E-state index is 13.9. The summed E-state index contributed by atoms with van der Waals surface area (Å²) in [6.07, 6.45) is 11.5. The van der Waals surface area contributed by atoms with Gasteiger partial charge in [0, 0.05) is 0 Å². The highest BCUT2D eigenvalue weighted by molar-refractivity contribution is 6.02. The van der Waals surface area contributed by atoms with Crippen molar-refractivity contribution in [3.8, 4) is 5.75 Å². The quantitative estimate of drug-likeness (QED) is 0.0672. The zero-order chi connectivity index (χ0) is 32.5. The van der Waals surface area contributed by atoms with Crippen LogP contribution in [0.5, 0.6) is 5.75 Å². The number of hydrogen-bond acceptors (Lipinski definition) is 10. The molecule has 2 unspecified atom stereocenters. The van der Waals surface area contributed by atoms with Crippen LogP contribution in [0.1, 0.15) is 96.5 Å². The van der Waals surface area contributed by atoms with Crippen LogP contribution in [-0.4, -0.2) is 41.3 Å². The lowest BCUT2D eigenvalue weighted by Crippen LogP contribution is -2.90. The van der Waals surface area contributed by atoms with E-state index in [0.29, 0.717) is 18.4 Å². The molecule has 10 heteroatoms.